The van der Waals surface area contributed by atoms with Crippen LogP contribution < -0.4 is 5.32 Å². The van der Waals surface area contributed by atoms with Gasteiger partial charge >= 0.3 is 11.9 Å². The molecule has 1 aliphatic heterocycles. The molecule has 0 spiro atoms. The highest BCUT2D eigenvalue weighted by Gasteiger charge is 2.55. The number of nitrogens with zero attached hydrogens (tertiary/aromatic N) is 2. The predicted octanol–water partition coefficient (Wildman–Crippen LogP) is 1.44. The predicted molar refractivity (Wildman–Crippen MR) is 98.9 cm³/mol. The Balaban J connectivity index is 2.27. The van der Waals surface area contributed by atoms with Crippen LogP contribution in [-0.2, 0) is 19.1 Å². The fraction of sp³-hybridized carbons (Fsp3) is 0.789. The molecule has 0 radical (unpaired) electrons. The molecule has 9 nitrogen and oxygen atoms in total. The maximum absolute atomic E-state index is 13.6. The van der Waals surface area contributed by atoms with Crippen LogP contribution >= 0.6 is 0 Å². The molecule has 1 saturated carbocycles. The van der Waals surface area contributed by atoms with Crippen LogP contribution in [0.15, 0.2) is 0 Å². The number of imide groups is 2. The zero-order chi connectivity index (χ0) is 20.7. The van der Waals surface area contributed by atoms with E-state index in [4.69, 9.17) is 4.74 Å². The average molecular weight is 398 g/mol. The molecule has 2 N–H and O–H groups in total. The van der Waals surface area contributed by atoms with E-state index in [1.165, 1.54) is 7.11 Å². The van der Waals surface area contributed by atoms with E-state index in [0.29, 0.717) is 36.8 Å². The summed E-state index contributed by atoms with van der Waals surface area (Å²) >= 11 is 0. The second kappa shape index (κ2) is 10.1. The SMILES string of the molecule is COCC(=O)NC(=O)[N+]1(C(=O)[C@H](CC2CCCC2)CN(O)C=O)CCC[C@H]1C. The summed E-state index contributed by atoms with van der Waals surface area (Å²) in [7, 11) is 1.35. The molecule has 2 aliphatic rings. The summed E-state index contributed by atoms with van der Waals surface area (Å²) in [5.41, 5.74) is 0. The first-order valence-corrected chi connectivity index (χ1v) is 10.0. The van der Waals surface area contributed by atoms with Crippen LogP contribution in [0.5, 0.6) is 0 Å². The monoisotopic (exact) mass is 398 g/mol. The van der Waals surface area contributed by atoms with Crippen molar-refractivity contribution in [3.8, 4) is 0 Å². The Morgan fingerprint density at radius 2 is 1.93 bits per heavy atom. The molecule has 3 atom stereocenters. The largest absolute Gasteiger partial charge is 0.430 e. The van der Waals surface area contributed by atoms with Gasteiger partial charge < -0.3 is 4.74 Å². The maximum atomic E-state index is 13.6. The smallest absolute Gasteiger partial charge is 0.375 e. The summed E-state index contributed by atoms with van der Waals surface area (Å²) in [4.78, 5) is 49.5. The summed E-state index contributed by atoms with van der Waals surface area (Å²) in [6.07, 6.45) is 6.38. The third kappa shape index (κ3) is 4.95. The van der Waals surface area contributed by atoms with Crippen LogP contribution in [0, 0.1) is 11.8 Å². The number of urea groups is 1. The van der Waals surface area contributed by atoms with Crippen LogP contribution in [-0.4, -0.2) is 71.9 Å². The number of amides is 5. The van der Waals surface area contributed by atoms with E-state index >= 15 is 0 Å². The van der Waals surface area contributed by atoms with E-state index in [1.807, 2.05) is 6.92 Å². The second-order valence-electron chi connectivity index (χ2n) is 8.02. The molecule has 1 heterocycles. The van der Waals surface area contributed by atoms with Crippen LogP contribution in [0.2, 0.25) is 0 Å². The van der Waals surface area contributed by atoms with Crippen molar-refractivity contribution in [2.24, 2.45) is 11.8 Å². The number of hydrogen-bond donors (Lipinski definition) is 2. The normalized spacial score (nSPS) is 26.0. The number of methoxy groups -OCH3 is 1. The number of quaternary nitrogens is 1. The summed E-state index contributed by atoms with van der Waals surface area (Å²) < 4.78 is 4.28. The van der Waals surface area contributed by atoms with Gasteiger partial charge in [-0.05, 0) is 19.3 Å². The number of hydrogen-bond acceptors (Lipinski definition) is 6. The van der Waals surface area contributed by atoms with E-state index in [9.17, 15) is 24.4 Å². The van der Waals surface area contributed by atoms with Gasteiger partial charge in [-0.25, -0.2) is 20.0 Å². The zero-order valence-corrected chi connectivity index (χ0v) is 16.8. The van der Waals surface area contributed by atoms with Crippen LogP contribution in [0.25, 0.3) is 0 Å². The number of carbonyl (C=O) groups excluding carboxylic acids is 4. The standard InChI is InChI=1S/C19H31N3O6/c1-14-6-5-9-22(14,19(26)20-17(24)12-28-2)18(25)16(11-21(27)13-23)10-15-7-3-4-8-15/h13-16,27H,3-12H2,1-2H3/p+1/t14-,16-,22?/m1/s1. The first-order chi connectivity index (χ1) is 13.3. The van der Waals surface area contributed by atoms with Crippen molar-refractivity contribution < 1.29 is 33.6 Å². The molecule has 158 valence electrons. The highest BCUT2D eigenvalue weighted by molar-refractivity contribution is 5.96. The number of nitrogens with one attached hydrogen (secondary N) is 1. The molecule has 28 heavy (non-hydrogen) atoms. The number of likely N-dealkylation sites (tertiary alicyclic amines) is 1. The van der Waals surface area contributed by atoms with Crippen molar-refractivity contribution in [1.82, 2.24) is 10.4 Å². The van der Waals surface area contributed by atoms with Crippen molar-refractivity contribution in [2.45, 2.75) is 57.9 Å². The molecule has 0 aromatic heterocycles. The van der Waals surface area contributed by atoms with E-state index in [2.05, 4.69) is 5.32 Å². The topological polar surface area (TPSA) is 113 Å². The number of carbonyl (C=O) groups is 4. The van der Waals surface area contributed by atoms with Gasteiger partial charge in [-0.2, -0.15) is 4.48 Å². The van der Waals surface area contributed by atoms with Gasteiger partial charge in [0.05, 0.1) is 19.0 Å². The maximum Gasteiger partial charge on any atom is 0.430 e. The van der Waals surface area contributed by atoms with Gasteiger partial charge in [0.25, 0.3) is 5.91 Å². The molecule has 1 saturated heterocycles. The third-order valence-electron chi connectivity index (χ3n) is 6.13. The lowest BCUT2D eigenvalue weighted by Gasteiger charge is -2.36. The molecular formula is C19H32N3O6+. The molecule has 1 aliphatic carbocycles. The fourth-order valence-electron chi connectivity index (χ4n) is 4.69. The Labute approximate surface area is 165 Å². The van der Waals surface area contributed by atoms with Crippen molar-refractivity contribution in [2.75, 3.05) is 26.8 Å². The second-order valence-corrected chi connectivity index (χ2v) is 8.02. The molecule has 1 unspecified atom stereocenters. The first kappa shape index (κ1) is 22.4. The lowest BCUT2D eigenvalue weighted by atomic mass is 9.91. The molecule has 2 rings (SSSR count). The minimum atomic E-state index is -0.665. The molecule has 9 heteroatoms. The van der Waals surface area contributed by atoms with E-state index < -0.39 is 22.3 Å². The third-order valence-corrected chi connectivity index (χ3v) is 6.13. The molecule has 0 aromatic rings. The minimum Gasteiger partial charge on any atom is -0.375 e. The molecular weight excluding hydrogens is 366 g/mol. The Morgan fingerprint density at radius 1 is 1.25 bits per heavy atom. The van der Waals surface area contributed by atoms with Gasteiger partial charge in [0.1, 0.15) is 12.6 Å². The quantitative estimate of drug-likeness (QED) is 0.277. The van der Waals surface area contributed by atoms with E-state index in [-0.39, 0.29) is 31.5 Å². The lowest BCUT2D eigenvalue weighted by molar-refractivity contribution is -0.786. The zero-order valence-electron chi connectivity index (χ0n) is 16.8. The van der Waals surface area contributed by atoms with Gasteiger partial charge in [-0.15, -0.1) is 0 Å². The summed E-state index contributed by atoms with van der Waals surface area (Å²) in [5, 5.41) is 12.5. The van der Waals surface area contributed by atoms with Gasteiger partial charge in [-0.1, -0.05) is 25.7 Å². The Morgan fingerprint density at radius 3 is 2.46 bits per heavy atom. The highest BCUT2D eigenvalue weighted by atomic mass is 16.5. The molecule has 0 aromatic carbocycles. The van der Waals surface area contributed by atoms with Crippen LogP contribution in [0.4, 0.5) is 4.79 Å². The van der Waals surface area contributed by atoms with Crippen molar-refractivity contribution in [1.29, 1.82) is 0 Å². The number of rotatable bonds is 8. The van der Waals surface area contributed by atoms with Gasteiger partial charge in [-0.3, -0.25) is 14.8 Å². The molecule has 5 amide bonds. The van der Waals surface area contributed by atoms with Gasteiger partial charge in [0.15, 0.2) is 0 Å². The minimum absolute atomic E-state index is 0.148. The summed E-state index contributed by atoms with van der Waals surface area (Å²) in [6, 6.07) is -0.929. The van der Waals surface area contributed by atoms with Gasteiger partial charge in [0.2, 0.25) is 6.41 Å². The van der Waals surface area contributed by atoms with Crippen molar-refractivity contribution in [3.05, 3.63) is 0 Å². The average Bonchev–Trinajstić information content (AvgIpc) is 3.30. The summed E-state index contributed by atoms with van der Waals surface area (Å²) in [6.45, 7) is 1.72. The Kier molecular flexibility index (Phi) is 8.09. The van der Waals surface area contributed by atoms with Crippen LogP contribution in [0.3, 0.4) is 0 Å². The first-order valence-electron chi connectivity index (χ1n) is 10.0. The summed E-state index contributed by atoms with van der Waals surface area (Å²) in [5.74, 6) is -1.26. The van der Waals surface area contributed by atoms with Gasteiger partial charge in [0, 0.05) is 20.0 Å². The fourth-order valence-corrected chi connectivity index (χ4v) is 4.69. The highest BCUT2D eigenvalue weighted by Crippen LogP contribution is 2.35. The Bertz CT molecular complexity index is 592. The molecule has 2 fully saturated rings. The van der Waals surface area contributed by atoms with Crippen molar-refractivity contribution in [3.63, 3.8) is 0 Å². The van der Waals surface area contributed by atoms with E-state index in [1.54, 1.807) is 0 Å². The number of hydroxylamine groups is 2. The number of ether oxygens (including phenoxy) is 1. The van der Waals surface area contributed by atoms with Crippen LogP contribution in [0.1, 0.15) is 51.9 Å². The molecule has 0 bridgehead atoms. The van der Waals surface area contributed by atoms with E-state index in [0.717, 1.165) is 25.7 Å². The van der Waals surface area contributed by atoms with Crippen molar-refractivity contribution >= 4 is 24.3 Å². The Hall–Kier alpha value is -1.84. The lowest BCUT2D eigenvalue weighted by Crippen LogP contribution is -2.65.